The van der Waals surface area contributed by atoms with Gasteiger partial charge in [-0.15, -0.1) is 0 Å². The number of rotatable bonds is 11. The molecule has 0 radical (unpaired) electrons. The Hall–Kier alpha value is -2.67. The molecule has 0 amide bonds. The SMILES string of the molecule is CCNC(=NCC(C)(O)c1ccco1)NCCc1ccc(OCC)c(OCC)c1. The Kier molecular flexibility index (Phi) is 8.86. The number of benzene rings is 1. The fourth-order valence-corrected chi connectivity index (χ4v) is 2.81. The first-order valence-electron chi connectivity index (χ1n) is 10.2. The predicted molar refractivity (Wildman–Crippen MR) is 115 cm³/mol. The summed E-state index contributed by atoms with van der Waals surface area (Å²) in [5, 5.41) is 17.1. The monoisotopic (exact) mass is 403 g/mol. The fourth-order valence-electron chi connectivity index (χ4n) is 2.81. The van der Waals surface area contributed by atoms with Gasteiger partial charge in [0.15, 0.2) is 17.5 Å². The average Bonchev–Trinajstić information content (AvgIpc) is 3.24. The number of aliphatic imine (C=N–C) groups is 1. The van der Waals surface area contributed by atoms with Gasteiger partial charge in [0.25, 0.3) is 0 Å². The first-order chi connectivity index (χ1) is 14.0. The molecular formula is C22H33N3O4. The van der Waals surface area contributed by atoms with Crippen molar-refractivity contribution in [2.24, 2.45) is 4.99 Å². The largest absolute Gasteiger partial charge is 0.490 e. The van der Waals surface area contributed by atoms with E-state index in [0.717, 1.165) is 30.0 Å². The second-order valence-corrected chi connectivity index (χ2v) is 6.77. The number of nitrogens with one attached hydrogen (secondary N) is 2. The molecule has 1 aromatic carbocycles. The first-order valence-corrected chi connectivity index (χ1v) is 10.2. The van der Waals surface area contributed by atoms with Gasteiger partial charge in [0.2, 0.25) is 0 Å². The molecule has 2 rings (SSSR count). The fraction of sp³-hybridized carbons (Fsp3) is 0.500. The van der Waals surface area contributed by atoms with Crippen LogP contribution in [0.3, 0.4) is 0 Å². The van der Waals surface area contributed by atoms with E-state index >= 15 is 0 Å². The van der Waals surface area contributed by atoms with Crippen LogP contribution >= 0.6 is 0 Å². The second kappa shape index (κ2) is 11.4. The molecule has 0 spiro atoms. The lowest BCUT2D eigenvalue weighted by Gasteiger charge is -2.19. The highest BCUT2D eigenvalue weighted by Gasteiger charge is 2.26. The maximum Gasteiger partial charge on any atom is 0.191 e. The van der Waals surface area contributed by atoms with Crippen LogP contribution < -0.4 is 20.1 Å². The minimum atomic E-state index is -1.16. The van der Waals surface area contributed by atoms with Crippen molar-refractivity contribution in [3.8, 4) is 11.5 Å². The molecule has 0 saturated heterocycles. The van der Waals surface area contributed by atoms with E-state index in [2.05, 4.69) is 15.6 Å². The summed E-state index contributed by atoms with van der Waals surface area (Å²) in [6, 6.07) is 9.51. The molecule has 29 heavy (non-hydrogen) atoms. The second-order valence-electron chi connectivity index (χ2n) is 6.77. The van der Waals surface area contributed by atoms with Gasteiger partial charge >= 0.3 is 0 Å². The summed E-state index contributed by atoms with van der Waals surface area (Å²) in [6.07, 6.45) is 2.34. The van der Waals surface area contributed by atoms with E-state index < -0.39 is 5.60 Å². The molecule has 0 fully saturated rings. The molecule has 7 heteroatoms. The molecule has 160 valence electrons. The van der Waals surface area contributed by atoms with E-state index in [9.17, 15) is 5.11 Å². The molecule has 0 bridgehead atoms. The number of guanidine groups is 1. The van der Waals surface area contributed by atoms with E-state index in [4.69, 9.17) is 13.9 Å². The van der Waals surface area contributed by atoms with Crippen molar-refractivity contribution in [3.05, 3.63) is 47.9 Å². The van der Waals surface area contributed by atoms with Crippen molar-refractivity contribution in [1.82, 2.24) is 10.6 Å². The Morgan fingerprint density at radius 1 is 1.10 bits per heavy atom. The van der Waals surface area contributed by atoms with Crippen LogP contribution in [-0.4, -0.2) is 43.9 Å². The molecule has 1 unspecified atom stereocenters. The topological polar surface area (TPSA) is 88.3 Å². The van der Waals surface area contributed by atoms with E-state index in [1.54, 1.807) is 25.3 Å². The lowest BCUT2D eigenvalue weighted by Crippen LogP contribution is -2.39. The molecule has 1 atom stereocenters. The minimum Gasteiger partial charge on any atom is -0.490 e. The zero-order chi connectivity index (χ0) is 21.1. The molecule has 3 N–H and O–H groups in total. The molecule has 1 heterocycles. The third-order valence-electron chi connectivity index (χ3n) is 4.26. The molecule has 0 saturated carbocycles. The maximum absolute atomic E-state index is 10.6. The van der Waals surface area contributed by atoms with Crippen LogP contribution in [0.4, 0.5) is 0 Å². The molecule has 2 aromatic rings. The molecule has 0 aliphatic carbocycles. The smallest absolute Gasteiger partial charge is 0.191 e. The number of nitrogens with zero attached hydrogens (tertiary/aromatic N) is 1. The van der Waals surface area contributed by atoms with E-state index in [-0.39, 0.29) is 6.54 Å². The lowest BCUT2D eigenvalue weighted by atomic mass is 10.0. The highest BCUT2D eigenvalue weighted by atomic mass is 16.5. The van der Waals surface area contributed by atoms with E-state index in [1.807, 2.05) is 39.0 Å². The van der Waals surface area contributed by atoms with Crippen LogP contribution in [0.1, 0.15) is 39.0 Å². The van der Waals surface area contributed by atoms with Crippen LogP contribution in [0, 0.1) is 0 Å². The molecule has 1 aromatic heterocycles. The van der Waals surface area contributed by atoms with Crippen LogP contribution in [0.2, 0.25) is 0 Å². The van der Waals surface area contributed by atoms with Gasteiger partial charge in [-0.25, -0.2) is 4.99 Å². The highest BCUT2D eigenvalue weighted by Crippen LogP contribution is 2.28. The van der Waals surface area contributed by atoms with Crippen LogP contribution in [0.5, 0.6) is 11.5 Å². The Bertz CT molecular complexity index is 757. The summed E-state index contributed by atoms with van der Waals surface area (Å²) >= 11 is 0. The lowest BCUT2D eigenvalue weighted by molar-refractivity contribution is 0.0437. The van der Waals surface area contributed by atoms with Crippen molar-refractivity contribution in [2.75, 3.05) is 32.8 Å². The first kappa shape index (κ1) is 22.6. The summed E-state index contributed by atoms with van der Waals surface area (Å²) in [5.74, 6) is 2.67. The summed E-state index contributed by atoms with van der Waals surface area (Å²) in [5.41, 5.74) is -0.0179. The van der Waals surface area contributed by atoms with Crippen LogP contribution in [0.15, 0.2) is 46.0 Å². The molecule has 0 aliphatic rings. The summed E-state index contributed by atoms with van der Waals surface area (Å²) in [4.78, 5) is 4.50. The summed E-state index contributed by atoms with van der Waals surface area (Å²) in [7, 11) is 0. The van der Waals surface area contributed by atoms with E-state index in [0.29, 0.717) is 31.5 Å². The van der Waals surface area contributed by atoms with Crippen LogP contribution in [0.25, 0.3) is 0 Å². The van der Waals surface area contributed by atoms with Gasteiger partial charge in [0.1, 0.15) is 11.4 Å². The number of ether oxygens (including phenoxy) is 2. The summed E-state index contributed by atoms with van der Waals surface area (Å²) in [6.45, 7) is 10.4. The molecule has 7 nitrogen and oxygen atoms in total. The van der Waals surface area contributed by atoms with Crippen molar-refractivity contribution in [3.63, 3.8) is 0 Å². The third-order valence-corrected chi connectivity index (χ3v) is 4.26. The standard InChI is InChI=1S/C22H33N3O4/c1-5-23-21(25-16-22(4,26)20-9-8-14-29-20)24-13-12-17-10-11-18(27-6-2)19(15-17)28-7-3/h8-11,14-15,26H,5-7,12-13,16H2,1-4H3,(H2,23,24,25). The van der Waals surface area contributed by atoms with Crippen LogP contribution in [-0.2, 0) is 12.0 Å². The zero-order valence-electron chi connectivity index (χ0n) is 17.8. The van der Waals surface area contributed by atoms with E-state index in [1.165, 1.54) is 0 Å². The van der Waals surface area contributed by atoms with Gasteiger partial charge in [0, 0.05) is 13.1 Å². The number of aliphatic hydroxyl groups is 1. The van der Waals surface area contributed by atoms with Crippen molar-refractivity contribution < 1.29 is 19.0 Å². The van der Waals surface area contributed by atoms with Gasteiger partial charge in [-0.3, -0.25) is 0 Å². The Balaban J connectivity index is 1.95. The van der Waals surface area contributed by atoms with Crippen molar-refractivity contribution >= 4 is 5.96 Å². The quantitative estimate of drug-likeness (QED) is 0.395. The average molecular weight is 404 g/mol. The Labute approximate surface area is 173 Å². The van der Waals surface area contributed by atoms with Crippen molar-refractivity contribution in [1.29, 1.82) is 0 Å². The van der Waals surface area contributed by atoms with Gasteiger partial charge < -0.3 is 29.6 Å². The third kappa shape index (κ3) is 7.02. The van der Waals surface area contributed by atoms with Gasteiger partial charge in [-0.05, 0) is 63.9 Å². The number of hydrogen-bond donors (Lipinski definition) is 3. The Morgan fingerprint density at radius 3 is 2.52 bits per heavy atom. The van der Waals surface area contributed by atoms with Gasteiger partial charge in [-0.2, -0.15) is 0 Å². The highest BCUT2D eigenvalue weighted by molar-refractivity contribution is 5.79. The Morgan fingerprint density at radius 2 is 1.86 bits per heavy atom. The molecule has 0 aliphatic heterocycles. The summed E-state index contributed by atoms with van der Waals surface area (Å²) < 4.78 is 16.6. The molecular weight excluding hydrogens is 370 g/mol. The number of furan rings is 1. The normalized spacial score (nSPS) is 13.6. The van der Waals surface area contributed by atoms with Gasteiger partial charge in [-0.1, -0.05) is 6.07 Å². The number of hydrogen-bond acceptors (Lipinski definition) is 5. The predicted octanol–water partition coefficient (Wildman–Crippen LogP) is 3.08. The van der Waals surface area contributed by atoms with Crippen molar-refractivity contribution in [2.45, 2.75) is 39.7 Å². The zero-order valence-corrected chi connectivity index (χ0v) is 17.8. The van der Waals surface area contributed by atoms with Gasteiger partial charge in [0.05, 0.1) is 26.0 Å². The minimum absolute atomic E-state index is 0.188. The maximum atomic E-state index is 10.6.